The number of hydrogen-bond acceptors (Lipinski definition) is 3. The lowest BCUT2D eigenvalue weighted by Crippen LogP contribution is -2.26. The molecule has 1 saturated carbocycles. The van der Waals surface area contributed by atoms with Gasteiger partial charge in [0.25, 0.3) is 0 Å². The highest BCUT2D eigenvalue weighted by Gasteiger charge is 2.25. The Morgan fingerprint density at radius 1 is 1.37 bits per heavy atom. The van der Waals surface area contributed by atoms with Crippen LogP contribution in [0.1, 0.15) is 24.8 Å². The highest BCUT2D eigenvalue weighted by atomic mass is 35.5. The van der Waals surface area contributed by atoms with Gasteiger partial charge in [-0.1, -0.05) is 18.0 Å². The van der Waals surface area contributed by atoms with Gasteiger partial charge in [0.2, 0.25) is 0 Å². The second-order valence-electron chi connectivity index (χ2n) is 5.22. The third-order valence-corrected chi connectivity index (χ3v) is 4.25. The molecule has 3 nitrogen and oxygen atoms in total. The van der Waals surface area contributed by atoms with Gasteiger partial charge in [0.15, 0.2) is 0 Å². The van der Waals surface area contributed by atoms with Gasteiger partial charge < -0.3 is 15.2 Å². The van der Waals surface area contributed by atoms with Crippen molar-refractivity contribution in [3.8, 4) is 5.75 Å². The first kappa shape index (κ1) is 14.6. The first-order valence-electron chi connectivity index (χ1n) is 6.88. The number of ether oxygens (including phenoxy) is 1. The van der Waals surface area contributed by atoms with Crippen molar-refractivity contribution in [2.75, 3.05) is 20.3 Å². The third-order valence-electron chi connectivity index (χ3n) is 4.02. The highest BCUT2D eigenvalue weighted by molar-refractivity contribution is 6.30. The lowest BCUT2D eigenvalue weighted by Gasteiger charge is -2.18. The van der Waals surface area contributed by atoms with Crippen LogP contribution in [0.5, 0.6) is 5.75 Å². The van der Waals surface area contributed by atoms with E-state index in [2.05, 4.69) is 5.32 Å². The van der Waals surface area contributed by atoms with E-state index >= 15 is 0 Å². The summed E-state index contributed by atoms with van der Waals surface area (Å²) < 4.78 is 5.33. The molecule has 1 aliphatic carbocycles. The maximum atomic E-state index is 9.31. The summed E-state index contributed by atoms with van der Waals surface area (Å²) >= 11 is 6.01. The van der Waals surface area contributed by atoms with E-state index in [1.807, 2.05) is 18.2 Å². The van der Waals surface area contributed by atoms with E-state index in [1.54, 1.807) is 7.11 Å². The number of halogens is 1. The summed E-state index contributed by atoms with van der Waals surface area (Å²) in [4.78, 5) is 0. The van der Waals surface area contributed by atoms with E-state index in [1.165, 1.54) is 12.8 Å². The van der Waals surface area contributed by atoms with Crippen LogP contribution in [0.25, 0.3) is 0 Å². The minimum absolute atomic E-state index is 0.312. The van der Waals surface area contributed by atoms with Crippen LogP contribution in [0.4, 0.5) is 0 Å². The van der Waals surface area contributed by atoms with Crippen LogP contribution in [-0.2, 0) is 6.54 Å². The smallest absolute Gasteiger partial charge is 0.123 e. The highest BCUT2D eigenvalue weighted by Crippen LogP contribution is 2.31. The lowest BCUT2D eigenvalue weighted by molar-refractivity contribution is 0.192. The average molecular weight is 284 g/mol. The van der Waals surface area contributed by atoms with Crippen LogP contribution in [0.3, 0.4) is 0 Å². The molecule has 1 aliphatic rings. The fourth-order valence-corrected chi connectivity index (χ4v) is 3.09. The fourth-order valence-electron chi connectivity index (χ4n) is 2.90. The number of nitrogens with one attached hydrogen (secondary N) is 1. The number of benzene rings is 1. The predicted molar refractivity (Wildman–Crippen MR) is 77.6 cm³/mol. The summed E-state index contributed by atoms with van der Waals surface area (Å²) in [5.41, 5.74) is 1.08. The Kier molecular flexibility index (Phi) is 5.49. The summed E-state index contributed by atoms with van der Waals surface area (Å²) in [7, 11) is 1.67. The SMILES string of the molecule is COc1ccc(Cl)cc1CNCC1CCCC1CO. The Bertz CT molecular complexity index is 411. The number of hydrogen-bond donors (Lipinski definition) is 2. The molecule has 0 aromatic heterocycles. The summed E-state index contributed by atoms with van der Waals surface area (Å²) in [6.45, 7) is 2.01. The Morgan fingerprint density at radius 3 is 2.89 bits per heavy atom. The van der Waals surface area contributed by atoms with E-state index in [0.29, 0.717) is 18.4 Å². The van der Waals surface area contributed by atoms with Gasteiger partial charge in [-0.3, -0.25) is 0 Å². The van der Waals surface area contributed by atoms with Gasteiger partial charge in [0.05, 0.1) is 7.11 Å². The minimum atomic E-state index is 0.312. The van der Waals surface area contributed by atoms with E-state index in [-0.39, 0.29) is 0 Å². The Hall–Kier alpha value is -0.770. The standard InChI is InChI=1S/C15H22ClNO2/c1-19-15-6-5-14(16)7-13(15)9-17-8-11-3-2-4-12(11)10-18/h5-7,11-12,17-18H,2-4,8-10H2,1H3. The van der Waals surface area contributed by atoms with Crippen molar-refractivity contribution in [3.05, 3.63) is 28.8 Å². The largest absolute Gasteiger partial charge is 0.496 e. The van der Waals surface area contributed by atoms with Gasteiger partial charge in [-0.25, -0.2) is 0 Å². The molecule has 1 aromatic rings. The monoisotopic (exact) mass is 283 g/mol. The van der Waals surface area contributed by atoms with Gasteiger partial charge >= 0.3 is 0 Å². The molecular weight excluding hydrogens is 262 g/mol. The molecule has 2 rings (SSSR count). The van der Waals surface area contributed by atoms with E-state index in [9.17, 15) is 5.11 Å². The summed E-state index contributed by atoms with van der Waals surface area (Å²) in [5, 5.41) is 13.5. The molecule has 2 unspecified atom stereocenters. The molecule has 0 saturated heterocycles. The van der Waals surface area contributed by atoms with E-state index in [0.717, 1.165) is 35.8 Å². The zero-order valence-electron chi connectivity index (χ0n) is 11.4. The van der Waals surface area contributed by atoms with Crippen molar-refractivity contribution in [1.82, 2.24) is 5.32 Å². The van der Waals surface area contributed by atoms with Crippen molar-refractivity contribution < 1.29 is 9.84 Å². The number of methoxy groups -OCH3 is 1. The van der Waals surface area contributed by atoms with E-state index < -0.39 is 0 Å². The van der Waals surface area contributed by atoms with Crippen molar-refractivity contribution in [2.45, 2.75) is 25.8 Å². The Labute approximate surface area is 119 Å². The normalized spacial score (nSPS) is 22.7. The van der Waals surface area contributed by atoms with Crippen molar-refractivity contribution in [3.63, 3.8) is 0 Å². The maximum Gasteiger partial charge on any atom is 0.123 e. The second-order valence-corrected chi connectivity index (χ2v) is 5.66. The van der Waals surface area contributed by atoms with Gasteiger partial charge in [-0.2, -0.15) is 0 Å². The molecule has 0 aliphatic heterocycles. The molecule has 19 heavy (non-hydrogen) atoms. The lowest BCUT2D eigenvalue weighted by atomic mass is 9.97. The first-order chi connectivity index (χ1) is 9.24. The van der Waals surface area contributed by atoms with Crippen molar-refractivity contribution in [2.24, 2.45) is 11.8 Å². The molecular formula is C15H22ClNO2. The molecule has 0 heterocycles. The molecule has 2 N–H and O–H groups in total. The average Bonchev–Trinajstić information content (AvgIpc) is 2.86. The molecule has 2 atom stereocenters. The zero-order chi connectivity index (χ0) is 13.7. The molecule has 0 radical (unpaired) electrons. The first-order valence-corrected chi connectivity index (χ1v) is 7.26. The molecule has 106 valence electrons. The van der Waals surface area contributed by atoms with Crippen LogP contribution in [0.2, 0.25) is 5.02 Å². The summed E-state index contributed by atoms with van der Waals surface area (Å²) in [6.07, 6.45) is 3.60. The van der Waals surface area contributed by atoms with E-state index in [4.69, 9.17) is 16.3 Å². The van der Waals surface area contributed by atoms with Crippen LogP contribution in [0, 0.1) is 11.8 Å². The fraction of sp³-hybridized carbons (Fsp3) is 0.600. The van der Waals surface area contributed by atoms with Gasteiger partial charge in [0.1, 0.15) is 5.75 Å². The third kappa shape index (κ3) is 3.85. The van der Waals surface area contributed by atoms with Gasteiger partial charge in [-0.15, -0.1) is 0 Å². The van der Waals surface area contributed by atoms with Crippen LogP contribution < -0.4 is 10.1 Å². The van der Waals surface area contributed by atoms with Crippen LogP contribution in [-0.4, -0.2) is 25.4 Å². The molecule has 1 fully saturated rings. The summed E-state index contributed by atoms with van der Waals surface area (Å²) in [6, 6.07) is 5.67. The minimum Gasteiger partial charge on any atom is -0.496 e. The maximum absolute atomic E-state index is 9.31. The van der Waals surface area contributed by atoms with Gasteiger partial charge in [0, 0.05) is 23.7 Å². The summed E-state index contributed by atoms with van der Waals surface area (Å²) in [5.74, 6) is 1.92. The molecule has 0 bridgehead atoms. The number of aliphatic hydroxyl groups is 1. The number of aliphatic hydroxyl groups excluding tert-OH is 1. The molecule has 1 aromatic carbocycles. The quantitative estimate of drug-likeness (QED) is 0.843. The molecule has 4 heteroatoms. The number of rotatable bonds is 6. The zero-order valence-corrected chi connectivity index (χ0v) is 12.1. The topological polar surface area (TPSA) is 41.5 Å². The van der Waals surface area contributed by atoms with Crippen LogP contribution >= 0.6 is 11.6 Å². The Morgan fingerprint density at radius 2 is 2.16 bits per heavy atom. The second kappa shape index (κ2) is 7.13. The Balaban J connectivity index is 1.87. The van der Waals surface area contributed by atoms with Crippen molar-refractivity contribution >= 4 is 11.6 Å². The molecule has 0 spiro atoms. The van der Waals surface area contributed by atoms with Gasteiger partial charge in [-0.05, 0) is 49.4 Å². The predicted octanol–water partition coefficient (Wildman–Crippen LogP) is 2.85. The molecule has 0 amide bonds. The van der Waals surface area contributed by atoms with Crippen molar-refractivity contribution in [1.29, 1.82) is 0 Å². The van der Waals surface area contributed by atoms with Crippen LogP contribution in [0.15, 0.2) is 18.2 Å².